The van der Waals surface area contributed by atoms with E-state index in [4.69, 9.17) is 0 Å². The fraction of sp³-hybridized carbons (Fsp3) is 0. The van der Waals surface area contributed by atoms with E-state index in [9.17, 15) is 20.2 Å². The third-order valence-corrected chi connectivity index (χ3v) is 2.10. The quantitative estimate of drug-likeness (QED) is 0.480. The number of anilines is 2. The molecule has 0 atom stereocenters. The van der Waals surface area contributed by atoms with E-state index >= 15 is 0 Å². The van der Waals surface area contributed by atoms with Crippen molar-refractivity contribution in [3.8, 4) is 0 Å². The number of para-hydroxylation sites is 2. The maximum atomic E-state index is 10.5. The summed E-state index contributed by atoms with van der Waals surface area (Å²) in [6.45, 7) is 0. The van der Waals surface area contributed by atoms with Gasteiger partial charge in [0.15, 0.2) is 0 Å². The van der Waals surface area contributed by atoms with Crippen molar-refractivity contribution in [1.29, 1.82) is 0 Å². The SMILES string of the molecule is O=NN([O-])c1ccccc1.O=NN([O-])c1ccccc1.[Cu+2]. The number of nitroso groups, excluding NO2 is 2. The van der Waals surface area contributed by atoms with Crippen LogP contribution in [0, 0.1) is 20.2 Å². The van der Waals surface area contributed by atoms with Crippen molar-refractivity contribution in [3.63, 3.8) is 0 Å². The molecule has 0 fully saturated rings. The summed E-state index contributed by atoms with van der Waals surface area (Å²) in [6, 6.07) is 16.2. The number of rotatable bonds is 4. The van der Waals surface area contributed by atoms with Crippen LogP contribution in [0.3, 0.4) is 0 Å². The second-order valence-corrected chi connectivity index (χ2v) is 3.38. The maximum Gasteiger partial charge on any atom is 2.00 e. The van der Waals surface area contributed by atoms with Crippen molar-refractivity contribution in [1.82, 2.24) is 0 Å². The summed E-state index contributed by atoms with van der Waals surface area (Å²) in [5, 5.41) is 25.3. The van der Waals surface area contributed by atoms with Gasteiger partial charge in [-0.1, -0.05) is 36.4 Å². The Labute approximate surface area is 130 Å². The normalized spacial score (nSPS) is 8.48. The number of nitrogens with zero attached hydrogens (tertiary/aromatic N) is 4. The Morgan fingerprint density at radius 3 is 1.19 bits per heavy atom. The van der Waals surface area contributed by atoms with Gasteiger partial charge in [0.25, 0.3) is 0 Å². The Hall–Kier alpha value is -2.32. The molecule has 8 nitrogen and oxygen atoms in total. The number of hydrogen-bond donors (Lipinski definition) is 0. The van der Waals surface area contributed by atoms with Crippen LogP contribution in [0.4, 0.5) is 11.4 Å². The Bertz CT molecular complexity index is 480. The van der Waals surface area contributed by atoms with E-state index < -0.39 is 0 Å². The molecule has 2 aromatic carbocycles. The van der Waals surface area contributed by atoms with Crippen LogP contribution in [0.1, 0.15) is 0 Å². The molecule has 0 saturated heterocycles. The van der Waals surface area contributed by atoms with Gasteiger partial charge in [0, 0.05) is 21.9 Å². The molecular weight excluding hydrogens is 328 g/mol. The van der Waals surface area contributed by atoms with Gasteiger partial charge in [0.2, 0.25) is 0 Å². The van der Waals surface area contributed by atoms with Crippen LogP contribution in [-0.2, 0) is 17.1 Å². The van der Waals surface area contributed by atoms with Gasteiger partial charge in [0.05, 0.1) is 0 Å². The molecule has 0 aromatic heterocycles. The first-order chi connectivity index (χ1) is 9.69. The van der Waals surface area contributed by atoms with Gasteiger partial charge in [0.1, 0.15) is 0 Å². The second kappa shape index (κ2) is 10.5. The summed E-state index contributed by atoms with van der Waals surface area (Å²) >= 11 is 0. The van der Waals surface area contributed by atoms with Crippen LogP contribution in [0.25, 0.3) is 0 Å². The first kappa shape index (κ1) is 18.7. The molecule has 0 spiro atoms. The van der Waals surface area contributed by atoms with Crippen LogP contribution in [0.5, 0.6) is 0 Å². The van der Waals surface area contributed by atoms with E-state index in [1.807, 2.05) is 0 Å². The summed E-state index contributed by atoms with van der Waals surface area (Å²) in [5.74, 6) is 0. The Balaban J connectivity index is 0.000000364. The zero-order valence-corrected chi connectivity index (χ0v) is 11.4. The first-order valence-electron chi connectivity index (χ1n) is 5.40. The number of hydrogen-bond acceptors (Lipinski definition) is 6. The second-order valence-electron chi connectivity index (χ2n) is 3.38. The van der Waals surface area contributed by atoms with Crippen LogP contribution in [0.2, 0.25) is 0 Å². The summed E-state index contributed by atoms with van der Waals surface area (Å²) in [6.07, 6.45) is 0. The van der Waals surface area contributed by atoms with Crippen LogP contribution in [-0.4, -0.2) is 0 Å². The molecule has 0 amide bonds. The predicted octanol–water partition coefficient (Wildman–Crippen LogP) is 3.34. The van der Waals surface area contributed by atoms with E-state index in [0.29, 0.717) is 0 Å². The summed E-state index contributed by atoms with van der Waals surface area (Å²) in [7, 11) is 0. The van der Waals surface area contributed by atoms with Crippen molar-refractivity contribution < 1.29 is 17.1 Å². The van der Waals surface area contributed by atoms with Gasteiger partial charge in [-0.15, -0.1) is 9.81 Å². The molecule has 0 aliphatic carbocycles. The Morgan fingerprint density at radius 2 is 0.952 bits per heavy atom. The van der Waals surface area contributed by atoms with Crippen molar-refractivity contribution in [2.75, 3.05) is 10.3 Å². The van der Waals surface area contributed by atoms with E-state index in [-0.39, 0.29) is 38.8 Å². The molecule has 0 N–H and O–H groups in total. The van der Waals surface area contributed by atoms with Crippen LogP contribution < -0.4 is 10.3 Å². The third-order valence-electron chi connectivity index (χ3n) is 2.10. The average Bonchev–Trinajstić information content (AvgIpc) is 2.55. The molecule has 0 bridgehead atoms. The van der Waals surface area contributed by atoms with Gasteiger partial charge in [-0.3, -0.25) is 10.3 Å². The molecule has 113 valence electrons. The zero-order chi connectivity index (χ0) is 14.8. The smallest absolute Gasteiger partial charge is 0.735 e. The van der Waals surface area contributed by atoms with E-state index in [2.05, 4.69) is 10.6 Å². The van der Waals surface area contributed by atoms with E-state index in [1.165, 1.54) is 24.3 Å². The molecule has 0 aliphatic rings. The Morgan fingerprint density at radius 1 is 0.667 bits per heavy atom. The molecule has 2 aromatic rings. The molecule has 1 radical (unpaired) electrons. The van der Waals surface area contributed by atoms with Gasteiger partial charge in [-0.25, -0.2) is 0 Å². The van der Waals surface area contributed by atoms with Crippen molar-refractivity contribution in [2.45, 2.75) is 0 Å². The van der Waals surface area contributed by atoms with Crippen molar-refractivity contribution in [2.24, 2.45) is 10.6 Å². The van der Waals surface area contributed by atoms with Crippen molar-refractivity contribution >= 4 is 11.4 Å². The molecular formula is C12H10CuN4O4. The van der Waals surface area contributed by atoms with Gasteiger partial charge >= 0.3 is 17.1 Å². The average molecular weight is 338 g/mol. The maximum absolute atomic E-state index is 10.5. The zero-order valence-electron chi connectivity index (χ0n) is 10.5. The topological polar surface area (TPSA) is 111 Å². The summed E-state index contributed by atoms with van der Waals surface area (Å²) in [5.41, 5.74) is 0.495. The van der Waals surface area contributed by atoms with Crippen LogP contribution >= 0.6 is 0 Å². The predicted molar refractivity (Wildman–Crippen MR) is 76.2 cm³/mol. The molecule has 0 unspecified atom stereocenters. The molecule has 0 aliphatic heterocycles. The van der Waals surface area contributed by atoms with Gasteiger partial charge in [-0.05, 0) is 24.3 Å². The van der Waals surface area contributed by atoms with Crippen LogP contribution in [0.15, 0.2) is 71.2 Å². The van der Waals surface area contributed by atoms with E-state index in [1.54, 1.807) is 36.4 Å². The number of benzene rings is 2. The molecule has 9 heteroatoms. The summed E-state index contributed by atoms with van der Waals surface area (Å²) < 4.78 is 0. The van der Waals surface area contributed by atoms with Gasteiger partial charge < -0.3 is 10.4 Å². The summed E-state index contributed by atoms with van der Waals surface area (Å²) in [4.78, 5) is 19.3. The standard InChI is InChI=1S/2C6H5N2O2.Cu/c2*9-7-8(10)6-4-2-1-3-5-6;/h2*1-5H;/q2*-1;+2. The third kappa shape index (κ3) is 6.59. The minimum atomic E-state index is 0. The molecule has 0 heterocycles. The van der Waals surface area contributed by atoms with E-state index in [0.717, 1.165) is 0 Å². The molecule has 2 rings (SSSR count). The fourth-order valence-electron chi connectivity index (χ4n) is 1.21. The first-order valence-corrected chi connectivity index (χ1v) is 5.40. The van der Waals surface area contributed by atoms with Gasteiger partial charge in [-0.2, -0.15) is 0 Å². The fourth-order valence-corrected chi connectivity index (χ4v) is 1.21. The largest absolute Gasteiger partial charge is 2.00 e. The monoisotopic (exact) mass is 337 g/mol. The minimum Gasteiger partial charge on any atom is -0.735 e. The van der Waals surface area contributed by atoms with Crippen molar-refractivity contribution in [3.05, 3.63) is 80.9 Å². The molecule has 21 heavy (non-hydrogen) atoms. The Kier molecular flexibility index (Phi) is 9.31. The molecule has 0 saturated carbocycles. The minimum absolute atomic E-state index is 0.